The van der Waals surface area contributed by atoms with E-state index in [2.05, 4.69) is 5.32 Å². The Morgan fingerprint density at radius 1 is 1.50 bits per heavy atom. The van der Waals surface area contributed by atoms with Crippen molar-refractivity contribution in [3.63, 3.8) is 0 Å². The summed E-state index contributed by atoms with van der Waals surface area (Å²) in [6.07, 6.45) is 1.24. The highest BCUT2D eigenvalue weighted by molar-refractivity contribution is 8.04. The Balaban J connectivity index is 2.58. The molecule has 20 heavy (non-hydrogen) atoms. The molecular weight excluding hydrogens is 284 g/mol. The summed E-state index contributed by atoms with van der Waals surface area (Å²) in [5, 5.41) is 3.06. The molecule has 7 nitrogen and oxygen atoms in total. The minimum absolute atomic E-state index is 0.110. The first-order valence-corrected chi connectivity index (χ1v) is 7.14. The predicted octanol–water partition coefficient (Wildman–Crippen LogP) is -0.271. The van der Waals surface area contributed by atoms with Crippen LogP contribution in [0.15, 0.2) is 11.1 Å². The number of thioether (sulfide) groups is 1. The maximum atomic E-state index is 11.7. The zero-order valence-corrected chi connectivity index (χ0v) is 12.3. The average Bonchev–Trinajstić information content (AvgIpc) is 2.72. The number of carbonyl (C=O) groups excluding carboxylic acids is 3. The molecule has 0 unspecified atom stereocenters. The van der Waals surface area contributed by atoms with Crippen LogP contribution in [0.2, 0.25) is 0 Å². The SMILES string of the molecule is CCOC(=O)/C=C1/SCC(=O)N1CC(=O)NCCOC. The van der Waals surface area contributed by atoms with E-state index in [4.69, 9.17) is 9.47 Å². The molecule has 1 aliphatic heterocycles. The monoisotopic (exact) mass is 302 g/mol. The van der Waals surface area contributed by atoms with Crippen molar-refractivity contribution in [3.8, 4) is 0 Å². The first-order valence-electron chi connectivity index (χ1n) is 6.15. The van der Waals surface area contributed by atoms with Gasteiger partial charge in [-0.05, 0) is 6.92 Å². The Morgan fingerprint density at radius 3 is 2.90 bits per heavy atom. The maximum Gasteiger partial charge on any atom is 0.333 e. The van der Waals surface area contributed by atoms with Gasteiger partial charge >= 0.3 is 5.97 Å². The summed E-state index contributed by atoms with van der Waals surface area (Å²) < 4.78 is 9.60. The first-order chi connectivity index (χ1) is 9.58. The number of amides is 2. The molecule has 1 aliphatic rings. The summed E-state index contributed by atoms with van der Waals surface area (Å²) in [5.74, 6) is -0.800. The lowest BCUT2D eigenvalue weighted by atomic mass is 10.4. The summed E-state index contributed by atoms with van der Waals surface area (Å²) in [6.45, 7) is 2.63. The van der Waals surface area contributed by atoms with Gasteiger partial charge in [-0.3, -0.25) is 14.5 Å². The van der Waals surface area contributed by atoms with Gasteiger partial charge in [-0.1, -0.05) is 11.8 Å². The Bertz CT molecular complexity index is 411. The van der Waals surface area contributed by atoms with Crippen LogP contribution in [0, 0.1) is 0 Å². The van der Waals surface area contributed by atoms with Crippen LogP contribution in [-0.4, -0.2) is 61.8 Å². The minimum Gasteiger partial charge on any atom is -0.463 e. The normalized spacial score (nSPS) is 16.6. The van der Waals surface area contributed by atoms with Crippen LogP contribution in [0.5, 0.6) is 0 Å². The number of ether oxygens (including phenoxy) is 2. The van der Waals surface area contributed by atoms with Gasteiger partial charge in [0.1, 0.15) is 6.54 Å². The molecule has 0 aromatic carbocycles. The summed E-state index contributed by atoms with van der Waals surface area (Å²) >= 11 is 1.22. The molecule has 0 aromatic rings. The number of nitrogens with zero attached hydrogens (tertiary/aromatic N) is 1. The third-order valence-corrected chi connectivity index (χ3v) is 3.39. The van der Waals surface area contributed by atoms with Crippen LogP contribution in [-0.2, 0) is 23.9 Å². The van der Waals surface area contributed by atoms with Gasteiger partial charge in [-0.25, -0.2) is 4.79 Å². The number of hydrogen-bond acceptors (Lipinski definition) is 6. The fraction of sp³-hybridized carbons (Fsp3) is 0.583. The van der Waals surface area contributed by atoms with Gasteiger partial charge in [-0.15, -0.1) is 0 Å². The highest BCUT2D eigenvalue weighted by Crippen LogP contribution is 2.28. The van der Waals surface area contributed by atoms with E-state index in [1.165, 1.54) is 29.8 Å². The van der Waals surface area contributed by atoms with E-state index < -0.39 is 5.97 Å². The molecule has 1 heterocycles. The zero-order valence-electron chi connectivity index (χ0n) is 11.5. The molecule has 0 aliphatic carbocycles. The molecule has 0 radical (unpaired) electrons. The summed E-state index contributed by atoms with van der Waals surface area (Å²) in [7, 11) is 1.53. The number of esters is 1. The fourth-order valence-corrected chi connectivity index (χ4v) is 2.41. The van der Waals surface area contributed by atoms with Crippen LogP contribution in [0.1, 0.15) is 6.92 Å². The Labute approximate surface area is 121 Å². The lowest BCUT2D eigenvalue weighted by Gasteiger charge is -2.16. The minimum atomic E-state index is -0.519. The van der Waals surface area contributed by atoms with E-state index in [1.54, 1.807) is 6.92 Å². The molecule has 0 spiro atoms. The fourth-order valence-electron chi connectivity index (χ4n) is 1.48. The van der Waals surface area contributed by atoms with Gasteiger partial charge in [0.25, 0.3) is 0 Å². The molecule has 1 fully saturated rings. The Kier molecular flexibility index (Phi) is 7.10. The van der Waals surface area contributed by atoms with Crippen molar-refractivity contribution in [1.82, 2.24) is 10.2 Å². The summed E-state index contributed by atoms with van der Waals surface area (Å²) in [6, 6.07) is 0. The highest BCUT2D eigenvalue weighted by atomic mass is 32.2. The molecule has 1 rings (SSSR count). The zero-order chi connectivity index (χ0) is 15.0. The van der Waals surface area contributed by atoms with Crippen LogP contribution in [0.3, 0.4) is 0 Å². The number of hydrogen-bond donors (Lipinski definition) is 1. The van der Waals surface area contributed by atoms with Gasteiger partial charge in [0.05, 0.1) is 30.1 Å². The van der Waals surface area contributed by atoms with E-state index in [-0.39, 0.29) is 30.7 Å². The predicted molar refractivity (Wildman–Crippen MR) is 73.8 cm³/mol. The van der Waals surface area contributed by atoms with Crippen LogP contribution in [0.25, 0.3) is 0 Å². The number of nitrogens with one attached hydrogen (secondary N) is 1. The standard InChI is InChI=1S/C12H18N2O5S/c1-3-19-12(17)6-11-14(10(16)8-20-11)7-9(15)13-4-5-18-2/h6H,3-5,7-8H2,1-2H3,(H,13,15)/b11-6+. The largest absolute Gasteiger partial charge is 0.463 e. The third-order valence-electron chi connectivity index (χ3n) is 2.37. The summed E-state index contributed by atoms with van der Waals surface area (Å²) in [4.78, 5) is 36.0. The van der Waals surface area contributed by atoms with E-state index in [1.807, 2.05) is 0 Å². The first kappa shape index (κ1) is 16.5. The maximum absolute atomic E-state index is 11.7. The molecule has 0 bridgehead atoms. The molecule has 0 atom stereocenters. The topological polar surface area (TPSA) is 84.9 Å². The van der Waals surface area contributed by atoms with E-state index in [0.29, 0.717) is 18.2 Å². The average molecular weight is 302 g/mol. The smallest absolute Gasteiger partial charge is 0.333 e. The van der Waals surface area contributed by atoms with Gasteiger partial charge in [0, 0.05) is 13.7 Å². The van der Waals surface area contributed by atoms with Crippen molar-refractivity contribution in [1.29, 1.82) is 0 Å². The van der Waals surface area contributed by atoms with Crippen LogP contribution < -0.4 is 5.32 Å². The Hall–Kier alpha value is -1.54. The van der Waals surface area contributed by atoms with E-state index in [0.717, 1.165) is 0 Å². The molecule has 8 heteroatoms. The molecule has 112 valence electrons. The van der Waals surface area contributed by atoms with Crippen LogP contribution in [0.4, 0.5) is 0 Å². The molecule has 1 saturated heterocycles. The quantitative estimate of drug-likeness (QED) is 0.396. The van der Waals surface area contributed by atoms with Gasteiger partial charge < -0.3 is 14.8 Å². The van der Waals surface area contributed by atoms with Gasteiger partial charge in [-0.2, -0.15) is 0 Å². The molecular formula is C12H18N2O5S. The number of carbonyl (C=O) groups is 3. The van der Waals surface area contributed by atoms with Crippen molar-refractivity contribution < 1.29 is 23.9 Å². The highest BCUT2D eigenvalue weighted by Gasteiger charge is 2.29. The molecule has 2 amide bonds. The summed E-state index contributed by atoms with van der Waals surface area (Å²) in [5.41, 5.74) is 0. The second-order valence-corrected chi connectivity index (χ2v) is 4.84. The van der Waals surface area contributed by atoms with Crippen LogP contribution >= 0.6 is 11.8 Å². The third kappa shape index (κ3) is 5.22. The lowest BCUT2D eigenvalue weighted by Crippen LogP contribution is -2.38. The van der Waals surface area contributed by atoms with Gasteiger partial charge in [0.15, 0.2) is 0 Å². The second kappa shape index (κ2) is 8.60. The van der Waals surface area contributed by atoms with E-state index in [9.17, 15) is 14.4 Å². The number of rotatable bonds is 7. The van der Waals surface area contributed by atoms with Gasteiger partial charge in [0.2, 0.25) is 11.8 Å². The second-order valence-electron chi connectivity index (χ2n) is 3.85. The van der Waals surface area contributed by atoms with Crippen molar-refractivity contribution in [3.05, 3.63) is 11.1 Å². The van der Waals surface area contributed by atoms with Crippen molar-refractivity contribution in [2.24, 2.45) is 0 Å². The molecule has 0 aromatic heterocycles. The van der Waals surface area contributed by atoms with E-state index >= 15 is 0 Å². The Morgan fingerprint density at radius 2 is 2.25 bits per heavy atom. The number of methoxy groups -OCH3 is 1. The van der Waals surface area contributed by atoms with Crippen molar-refractivity contribution in [2.75, 3.05) is 39.2 Å². The lowest BCUT2D eigenvalue weighted by molar-refractivity contribution is -0.137. The van der Waals surface area contributed by atoms with Crippen molar-refractivity contribution >= 4 is 29.5 Å². The molecule has 1 N–H and O–H groups in total. The molecule has 0 saturated carbocycles. The van der Waals surface area contributed by atoms with Crippen molar-refractivity contribution in [2.45, 2.75) is 6.92 Å².